The first-order chi connectivity index (χ1) is 10.7. The van der Waals surface area contributed by atoms with Crippen molar-refractivity contribution in [2.75, 3.05) is 11.9 Å². The molecule has 0 aliphatic rings. The van der Waals surface area contributed by atoms with Gasteiger partial charge in [-0.2, -0.15) is 0 Å². The van der Waals surface area contributed by atoms with E-state index in [1.807, 2.05) is 24.3 Å². The van der Waals surface area contributed by atoms with Crippen molar-refractivity contribution in [3.05, 3.63) is 59.9 Å². The van der Waals surface area contributed by atoms with Crippen LogP contribution in [0.25, 0.3) is 0 Å². The minimum absolute atomic E-state index is 0.0475. The number of carbonyl (C=O) groups excluding carboxylic acids is 1. The topological polar surface area (TPSA) is 54.0 Å². The normalized spacial score (nSPS) is 10.5. The molecule has 0 spiro atoms. The zero-order valence-electron chi connectivity index (χ0n) is 13.2. The van der Waals surface area contributed by atoms with Crippen LogP contribution < -0.4 is 10.6 Å². The number of amides is 1. The lowest BCUT2D eigenvalue weighted by Gasteiger charge is -2.14. The highest BCUT2D eigenvalue weighted by Gasteiger charge is 2.06. The van der Waals surface area contributed by atoms with E-state index >= 15 is 0 Å². The molecule has 116 valence electrons. The maximum absolute atomic E-state index is 11.9. The predicted octanol–water partition coefficient (Wildman–Crippen LogP) is 3.32. The quantitative estimate of drug-likeness (QED) is 0.824. The van der Waals surface area contributed by atoms with Gasteiger partial charge in [-0.3, -0.25) is 9.78 Å². The monoisotopic (exact) mass is 297 g/mol. The first-order valence-electron chi connectivity index (χ1n) is 7.65. The third-order valence-corrected chi connectivity index (χ3v) is 3.49. The fourth-order valence-electron chi connectivity index (χ4n) is 2.26. The highest BCUT2D eigenvalue weighted by atomic mass is 16.1. The second-order valence-corrected chi connectivity index (χ2v) is 5.55. The van der Waals surface area contributed by atoms with Gasteiger partial charge in [-0.1, -0.05) is 32.0 Å². The molecule has 0 fully saturated rings. The fourth-order valence-corrected chi connectivity index (χ4v) is 2.26. The number of pyridine rings is 1. The van der Waals surface area contributed by atoms with E-state index in [0.717, 1.165) is 11.3 Å². The van der Waals surface area contributed by atoms with Crippen LogP contribution in [0.4, 0.5) is 5.69 Å². The molecule has 2 N–H and O–H groups in total. The van der Waals surface area contributed by atoms with Gasteiger partial charge in [0.15, 0.2) is 0 Å². The van der Waals surface area contributed by atoms with Gasteiger partial charge in [-0.25, -0.2) is 0 Å². The second kappa shape index (κ2) is 8.17. The first-order valence-corrected chi connectivity index (χ1v) is 7.65. The van der Waals surface area contributed by atoms with E-state index in [4.69, 9.17) is 0 Å². The molecule has 4 nitrogen and oxygen atoms in total. The summed E-state index contributed by atoms with van der Waals surface area (Å²) in [4.78, 5) is 15.8. The van der Waals surface area contributed by atoms with Gasteiger partial charge in [0.25, 0.3) is 0 Å². The summed E-state index contributed by atoms with van der Waals surface area (Å²) in [5.74, 6) is 0.510. The van der Waals surface area contributed by atoms with Crippen LogP contribution in [0.2, 0.25) is 0 Å². The summed E-state index contributed by atoms with van der Waals surface area (Å²) < 4.78 is 0. The Labute approximate surface area is 132 Å². The van der Waals surface area contributed by atoms with Gasteiger partial charge in [-0.05, 0) is 35.2 Å². The van der Waals surface area contributed by atoms with Gasteiger partial charge >= 0.3 is 0 Å². The van der Waals surface area contributed by atoms with E-state index in [-0.39, 0.29) is 5.91 Å². The predicted molar refractivity (Wildman–Crippen MR) is 89.7 cm³/mol. The van der Waals surface area contributed by atoms with Crippen LogP contribution in [0.15, 0.2) is 48.8 Å². The minimum atomic E-state index is 0.0475. The Morgan fingerprint density at radius 1 is 1.14 bits per heavy atom. The van der Waals surface area contributed by atoms with Crippen LogP contribution in [0.5, 0.6) is 0 Å². The number of anilines is 1. The Bertz CT molecular complexity index is 596. The average Bonchev–Trinajstić information content (AvgIpc) is 2.54. The zero-order chi connectivity index (χ0) is 15.8. The molecule has 0 saturated carbocycles. The van der Waals surface area contributed by atoms with E-state index in [1.54, 1.807) is 12.4 Å². The summed E-state index contributed by atoms with van der Waals surface area (Å²) in [5.41, 5.74) is 3.44. The molecule has 0 aliphatic carbocycles. The Hall–Kier alpha value is -2.36. The molecule has 0 atom stereocenters. The molecule has 1 heterocycles. The highest BCUT2D eigenvalue weighted by molar-refractivity contribution is 5.76. The number of benzene rings is 1. The lowest BCUT2D eigenvalue weighted by Crippen LogP contribution is -2.25. The molecular formula is C18H23N3O. The maximum atomic E-state index is 11.9. The van der Waals surface area contributed by atoms with Crippen molar-refractivity contribution in [2.45, 2.75) is 32.7 Å². The van der Waals surface area contributed by atoms with Crippen LogP contribution in [0, 0.1) is 0 Å². The number of carbonyl (C=O) groups is 1. The number of hydrogen-bond donors (Lipinski definition) is 2. The first kappa shape index (κ1) is 16.0. The summed E-state index contributed by atoms with van der Waals surface area (Å²) in [6.07, 6.45) is 3.91. The van der Waals surface area contributed by atoms with E-state index < -0.39 is 0 Å². The number of hydrogen-bond acceptors (Lipinski definition) is 3. The molecule has 1 aromatic carbocycles. The minimum Gasteiger partial charge on any atom is -0.384 e. The SMILES string of the molecule is CC(C)c1ccccc1NCCC(=O)NCc1ccncc1. The molecule has 22 heavy (non-hydrogen) atoms. The molecule has 0 saturated heterocycles. The average molecular weight is 297 g/mol. The number of para-hydroxylation sites is 1. The van der Waals surface area contributed by atoms with E-state index in [0.29, 0.717) is 25.4 Å². The summed E-state index contributed by atoms with van der Waals surface area (Å²) >= 11 is 0. The smallest absolute Gasteiger partial charge is 0.222 e. The van der Waals surface area contributed by atoms with Crippen molar-refractivity contribution in [1.29, 1.82) is 0 Å². The lowest BCUT2D eigenvalue weighted by atomic mass is 10.0. The van der Waals surface area contributed by atoms with Gasteiger partial charge in [0, 0.05) is 37.6 Å². The van der Waals surface area contributed by atoms with E-state index in [9.17, 15) is 4.79 Å². The highest BCUT2D eigenvalue weighted by Crippen LogP contribution is 2.23. The Kier molecular flexibility index (Phi) is 5.95. The number of nitrogens with one attached hydrogen (secondary N) is 2. The van der Waals surface area contributed by atoms with Gasteiger partial charge in [0.1, 0.15) is 0 Å². The largest absolute Gasteiger partial charge is 0.384 e. The van der Waals surface area contributed by atoms with Crippen LogP contribution in [-0.4, -0.2) is 17.4 Å². The van der Waals surface area contributed by atoms with Crippen LogP contribution >= 0.6 is 0 Å². The standard InChI is InChI=1S/C18H23N3O/c1-14(2)16-5-3-4-6-17(16)20-12-9-18(22)21-13-15-7-10-19-11-8-15/h3-8,10-11,14,20H,9,12-13H2,1-2H3,(H,21,22). The Morgan fingerprint density at radius 2 is 1.86 bits per heavy atom. The molecule has 0 unspecified atom stereocenters. The van der Waals surface area contributed by atoms with Gasteiger partial charge in [0.05, 0.1) is 0 Å². The third kappa shape index (κ3) is 4.88. The van der Waals surface area contributed by atoms with Crippen molar-refractivity contribution in [1.82, 2.24) is 10.3 Å². The van der Waals surface area contributed by atoms with Crippen LogP contribution in [0.1, 0.15) is 37.3 Å². The van der Waals surface area contributed by atoms with Crippen molar-refractivity contribution in [2.24, 2.45) is 0 Å². The molecular weight excluding hydrogens is 274 g/mol. The van der Waals surface area contributed by atoms with Gasteiger partial charge in [0.2, 0.25) is 5.91 Å². The molecule has 1 aromatic heterocycles. The van der Waals surface area contributed by atoms with E-state index in [1.165, 1.54) is 5.56 Å². The molecule has 2 rings (SSSR count). The van der Waals surface area contributed by atoms with E-state index in [2.05, 4.69) is 41.6 Å². The number of rotatable bonds is 7. The van der Waals surface area contributed by atoms with Crippen LogP contribution in [-0.2, 0) is 11.3 Å². The summed E-state index contributed by atoms with van der Waals surface area (Å²) in [6.45, 7) is 5.51. The van der Waals surface area contributed by atoms with Crippen molar-refractivity contribution < 1.29 is 4.79 Å². The molecule has 4 heteroatoms. The Morgan fingerprint density at radius 3 is 2.59 bits per heavy atom. The number of aromatic nitrogens is 1. The molecule has 0 radical (unpaired) electrons. The van der Waals surface area contributed by atoms with Crippen LogP contribution in [0.3, 0.4) is 0 Å². The Balaban J connectivity index is 1.75. The van der Waals surface area contributed by atoms with Crippen molar-refractivity contribution in [3.63, 3.8) is 0 Å². The fraction of sp³-hybridized carbons (Fsp3) is 0.333. The maximum Gasteiger partial charge on any atom is 0.222 e. The van der Waals surface area contributed by atoms with Crippen molar-refractivity contribution >= 4 is 11.6 Å². The molecule has 1 amide bonds. The second-order valence-electron chi connectivity index (χ2n) is 5.55. The van der Waals surface area contributed by atoms with Crippen molar-refractivity contribution in [3.8, 4) is 0 Å². The molecule has 2 aromatic rings. The summed E-state index contributed by atoms with van der Waals surface area (Å²) in [7, 11) is 0. The summed E-state index contributed by atoms with van der Waals surface area (Å²) in [6, 6.07) is 12.0. The number of nitrogens with zero attached hydrogens (tertiary/aromatic N) is 1. The summed E-state index contributed by atoms with van der Waals surface area (Å²) in [5, 5.41) is 6.27. The van der Waals surface area contributed by atoms with Gasteiger partial charge < -0.3 is 10.6 Å². The third-order valence-electron chi connectivity index (χ3n) is 3.49. The van der Waals surface area contributed by atoms with Gasteiger partial charge in [-0.15, -0.1) is 0 Å². The lowest BCUT2D eigenvalue weighted by molar-refractivity contribution is -0.121. The molecule has 0 aliphatic heterocycles. The zero-order valence-corrected chi connectivity index (χ0v) is 13.2. The molecule has 0 bridgehead atoms.